The summed E-state index contributed by atoms with van der Waals surface area (Å²) < 4.78 is 0. The Bertz CT molecular complexity index is 533. The van der Waals surface area contributed by atoms with Crippen LogP contribution in [0.2, 0.25) is 0 Å². The monoisotopic (exact) mass is 309 g/mol. The summed E-state index contributed by atoms with van der Waals surface area (Å²) in [6.07, 6.45) is 3.40. The molecule has 2 rings (SSSR count). The number of aliphatic imine (C=N–C) groups is 1. The summed E-state index contributed by atoms with van der Waals surface area (Å²) in [5, 5.41) is 3.62. The lowest BCUT2D eigenvalue weighted by Gasteiger charge is -2.20. The fourth-order valence-electron chi connectivity index (χ4n) is 2.37. The van der Waals surface area contributed by atoms with Crippen molar-refractivity contribution in [2.24, 2.45) is 28.3 Å². The van der Waals surface area contributed by atoms with Crippen LogP contribution in [-0.4, -0.2) is 23.4 Å². The van der Waals surface area contributed by atoms with E-state index in [0.29, 0.717) is 11.0 Å². The average molecular weight is 309 g/mol. The third-order valence-corrected chi connectivity index (χ3v) is 4.56. The molecule has 0 aliphatic heterocycles. The van der Waals surface area contributed by atoms with Crippen LogP contribution in [0.15, 0.2) is 4.99 Å². The predicted octanol–water partition coefficient (Wildman–Crippen LogP) is 1.32. The number of nitrogens with one attached hydrogen (secondary N) is 1. The number of hydrogen-bond acceptors (Lipinski definition) is 4. The molecule has 0 bridgehead atoms. The SMILES string of the molecule is CC(C)CCNC(=O)C1CCc2nc(N=C(N)N)sc2C1. The van der Waals surface area contributed by atoms with Crippen molar-refractivity contribution < 1.29 is 4.79 Å². The zero-order valence-corrected chi connectivity index (χ0v) is 13.4. The fraction of sp³-hybridized carbons (Fsp3) is 0.643. The van der Waals surface area contributed by atoms with Gasteiger partial charge in [-0.1, -0.05) is 25.2 Å². The molecule has 1 atom stereocenters. The number of guanidine groups is 1. The molecular formula is C14H23N5OS. The first-order valence-electron chi connectivity index (χ1n) is 7.31. The van der Waals surface area contributed by atoms with Gasteiger partial charge in [-0.25, -0.2) is 4.98 Å². The highest BCUT2D eigenvalue weighted by atomic mass is 32.1. The molecule has 1 aromatic rings. The van der Waals surface area contributed by atoms with Crippen LogP contribution in [0.4, 0.5) is 5.13 Å². The van der Waals surface area contributed by atoms with Crippen molar-refractivity contribution >= 4 is 28.3 Å². The van der Waals surface area contributed by atoms with Gasteiger partial charge in [-0.05, 0) is 31.6 Å². The van der Waals surface area contributed by atoms with Crippen LogP contribution < -0.4 is 16.8 Å². The Morgan fingerprint density at radius 3 is 2.95 bits per heavy atom. The summed E-state index contributed by atoms with van der Waals surface area (Å²) in [7, 11) is 0. The van der Waals surface area contributed by atoms with Gasteiger partial charge in [0, 0.05) is 17.3 Å². The Morgan fingerprint density at radius 2 is 2.29 bits per heavy atom. The van der Waals surface area contributed by atoms with E-state index in [0.717, 1.165) is 42.8 Å². The van der Waals surface area contributed by atoms with Crippen molar-refractivity contribution in [2.45, 2.75) is 39.5 Å². The molecule has 5 N–H and O–H groups in total. The van der Waals surface area contributed by atoms with E-state index in [1.807, 2.05) is 0 Å². The van der Waals surface area contributed by atoms with Crippen LogP contribution in [0.3, 0.4) is 0 Å². The van der Waals surface area contributed by atoms with Crippen molar-refractivity contribution in [1.29, 1.82) is 0 Å². The van der Waals surface area contributed by atoms with Gasteiger partial charge in [-0.15, -0.1) is 0 Å². The quantitative estimate of drug-likeness (QED) is 0.563. The molecule has 116 valence electrons. The van der Waals surface area contributed by atoms with Crippen molar-refractivity contribution in [3.63, 3.8) is 0 Å². The van der Waals surface area contributed by atoms with E-state index in [4.69, 9.17) is 11.5 Å². The van der Waals surface area contributed by atoms with E-state index in [1.54, 1.807) is 0 Å². The van der Waals surface area contributed by atoms with Gasteiger partial charge in [-0.2, -0.15) is 4.99 Å². The van der Waals surface area contributed by atoms with E-state index in [1.165, 1.54) is 11.3 Å². The Balaban J connectivity index is 1.94. The van der Waals surface area contributed by atoms with Gasteiger partial charge in [0.05, 0.1) is 5.69 Å². The maximum absolute atomic E-state index is 12.2. The third kappa shape index (κ3) is 4.42. The molecule has 1 unspecified atom stereocenters. The standard InChI is InChI=1S/C14H23N5OS/c1-8(2)5-6-17-12(20)9-3-4-10-11(7-9)21-14(18-10)19-13(15)16/h8-9H,3-7H2,1-2H3,(H,17,20)(H4,15,16,18,19). The van der Waals surface area contributed by atoms with Crippen LogP contribution >= 0.6 is 11.3 Å². The molecule has 0 spiro atoms. The predicted molar refractivity (Wildman–Crippen MR) is 85.6 cm³/mol. The van der Waals surface area contributed by atoms with E-state index in [9.17, 15) is 4.79 Å². The van der Waals surface area contributed by atoms with Crippen molar-refractivity contribution in [3.05, 3.63) is 10.6 Å². The lowest BCUT2D eigenvalue weighted by Crippen LogP contribution is -2.34. The average Bonchev–Trinajstić information content (AvgIpc) is 2.78. The van der Waals surface area contributed by atoms with Gasteiger partial charge in [0.1, 0.15) is 0 Å². The molecule has 0 saturated carbocycles. The smallest absolute Gasteiger partial charge is 0.223 e. The number of carbonyl (C=O) groups excluding carboxylic acids is 1. The normalized spacial score (nSPS) is 17.4. The first-order chi connectivity index (χ1) is 9.95. The third-order valence-electron chi connectivity index (χ3n) is 3.54. The van der Waals surface area contributed by atoms with Crippen LogP contribution in [0.5, 0.6) is 0 Å². The molecular weight excluding hydrogens is 286 g/mol. The zero-order valence-electron chi connectivity index (χ0n) is 12.6. The number of amides is 1. The maximum Gasteiger partial charge on any atom is 0.223 e. The first kappa shape index (κ1) is 15.8. The summed E-state index contributed by atoms with van der Waals surface area (Å²) in [4.78, 5) is 21.7. The molecule has 1 aliphatic carbocycles. The number of carbonyl (C=O) groups is 1. The minimum Gasteiger partial charge on any atom is -0.370 e. The minimum absolute atomic E-state index is 0.0177. The lowest BCUT2D eigenvalue weighted by molar-refractivity contribution is -0.125. The van der Waals surface area contributed by atoms with E-state index < -0.39 is 0 Å². The highest BCUT2D eigenvalue weighted by molar-refractivity contribution is 7.15. The summed E-state index contributed by atoms with van der Waals surface area (Å²) in [6.45, 7) is 5.06. The van der Waals surface area contributed by atoms with Gasteiger partial charge >= 0.3 is 0 Å². The van der Waals surface area contributed by atoms with Crippen LogP contribution in [0.1, 0.15) is 37.3 Å². The minimum atomic E-state index is 0.0177. The summed E-state index contributed by atoms with van der Waals surface area (Å²) in [5.74, 6) is 0.811. The van der Waals surface area contributed by atoms with Gasteiger partial charge < -0.3 is 16.8 Å². The molecule has 0 aromatic carbocycles. The van der Waals surface area contributed by atoms with Crippen molar-refractivity contribution in [3.8, 4) is 0 Å². The number of nitrogens with two attached hydrogens (primary N) is 2. The topological polar surface area (TPSA) is 106 Å². The van der Waals surface area contributed by atoms with Crippen LogP contribution in [0, 0.1) is 11.8 Å². The number of aromatic nitrogens is 1. The number of nitrogens with zero attached hydrogens (tertiary/aromatic N) is 2. The fourth-order valence-corrected chi connectivity index (χ4v) is 3.45. The molecule has 1 heterocycles. The van der Waals surface area contributed by atoms with Gasteiger partial charge in [0.2, 0.25) is 11.0 Å². The summed E-state index contributed by atoms with van der Waals surface area (Å²) in [5.41, 5.74) is 11.8. The maximum atomic E-state index is 12.2. The molecule has 21 heavy (non-hydrogen) atoms. The number of aryl methyl sites for hydroxylation is 1. The Kier molecular flexibility index (Phi) is 5.17. The van der Waals surface area contributed by atoms with E-state index >= 15 is 0 Å². The summed E-state index contributed by atoms with van der Waals surface area (Å²) in [6, 6.07) is 0. The molecule has 1 aromatic heterocycles. The first-order valence-corrected chi connectivity index (χ1v) is 8.13. The number of hydrogen-bond donors (Lipinski definition) is 3. The molecule has 7 heteroatoms. The van der Waals surface area contributed by atoms with Gasteiger partial charge in [0.25, 0.3) is 0 Å². The Morgan fingerprint density at radius 1 is 1.52 bits per heavy atom. The second kappa shape index (κ2) is 6.89. The zero-order chi connectivity index (χ0) is 15.4. The van der Waals surface area contributed by atoms with Gasteiger partial charge in [-0.3, -0.25) is 4.79 Å². The van der Waals surface area contributed by atoms with Crippen molar-refractivity contribution in [1.82, 2.24) is 10.3 Å². The summed E-state index contributed by atoms with van der Waals surface area (Å²) >= 11 is 1.47. The van der Waals surface area contributed by atoms with E-state index in [2.05, 4.69) is 29.1 Å². The lowest BCUT2D eigenvalue weighted by atomic mass is 9.90. The number of thiazole rings is 1. The second-order valence-electron chi connectivity index (χ2n) is 5.82. The van der Waals surface area contributed by atoms with Crippen molar-refractivity contribution in [2.75, 3.05) is 6.54 Å². The van der Waals surface area contributed by atoms with Crippen LogP contribution in [0.25, 0.3) is 0 Å². The number of fused-ring (bicyclic) bond motifs is 1. The Labute approximate surface area is 129 Å². The molecule has 0 radical (unpaired) electrons. The van der Waals surface area contributed by atoms with Gasteiger partial charge in [0.15, 0.2) is 5.96 Å². The Hall–Kier alpha value is -1.63. The largest absolute Gasteiger partial charge is 0.370 e. The van der Waals surface area contributed by atoms with E-state index in [-0.39, 0.29) is 17.8 Å². The second-order valence-corrected chi connectivity index (χ2v) is 6.88. The molecule has 1 amide bonds. The molecule has 6 nitrogen and oxygen atoms in total. The highest BCUT2D eigenvalue weighted by Gasteiger charge is 2.27. The van der Waals surface area contributed by atoms with Crippen LogP contribution in [-0.2, 0) is 17.6 Å². The highest BCUT2D eigenvalue weighted by Crippen LogP contribution is 2.33. The molecule has 1 aliphatic rings. The molecule has 0 saturated heterocycles. The molecule has 0 fully saturated rings. The number of rotatable bonds is 5.